The fourth-order valence-corrected chi connectivity index (χ4v) is 6.40. The van der Waals surface area contributed by atoms with Gasteiger partial charge >= 0.3 is 0 Å². The zero-order valence-corrected chi connectivity index (χ0v) is 27.2. The quantitative estimate of drug-likeness (QED) is 0.0756. The number of rotatable bonds is 16. The molecule has 4 aromatic carbocycles. The summed E-state index contributed by atoms with van der Waals surface area (Å²) in [5.41, 5.74) is 3.25. The number of nitrogens with one attached hydrogen (secondary N) is 2. The second-order valence-corrected chi connectivity index (χ2v) is 12.2. The molecule has 0 saturated heterocycles. The first-order valence-corrected chi connectivity index (χ1v) is 16.9. The first-order valence-electron chi connectivity index (χ1n) is 15.9. The van der Waals surface area contributed by atoms with E-state index in [0.717, 1.165) is 32.4 Å². The van der Waals surface area contributed by atoms with E-state index in [1.54, 1.807) is 22.8 Å². The van der Waals surface area contributed by atoms with E-state index in [-0.39, 0.29) is 23.8 Å². The Kier molecular flexibility index (Phi) is 11.2. The van der Waals surface area contributed by atoms with Crippen molar-refractivity contribution in [1.29, 1.82) is 0 Å². The maximum Gasteiger partial charge on any atom is 0.280 e. The van der Waals surface area contributed by atoms with Crippen molar-refractivity contribution in [2.45, 2.75) is 17.9 Å². The summed E-state index contributed by atoms with van der Waals surface area (Å²) in [6.45, 7) is 2.65. The molecule has 9 nitrogen and oxygen atoms in total. The highest BCUT2D eigenvalue weighted by Crippen LogP contribution is 2.30. The van der Waals surface area contributed by atoms with Gasteiger partial charge in [0, 0.05) is 40.9 Å². The van der Waals surface area contributed by atoms with Crippen LogP contribution in [0.15, 0.2) is 107 Å². The molecular weight excluding hydrogens is 630 g/mol. The van der Waals surface area contributed by atoms with Crippen molar-refractivity contribution in [1.82, 2.24) is 19.9 Å². The Morgan fingerprint density at radius 3 is 2.17 bits per heavy atom. The van der Waals surface area contributed by atoms with Gasteiger partial charge in [-0.25, -0.2) is 9.37 Å². The van der Waals surface area contributed by atoms with Crippen molar-refractivity contribution >= 4 is 56.1 Å². The zero-order chi connectivity index (χ0) is 33.1. The molecule has 0 unspecified atom stereocenters. The summed E-state index contributed by atoms with van der Waals surface area (Å²) in [6.07, 6.45) is 0.433. The number of benzene rings is 4. The van der Waals surface area contributed by atoms with Crippen molar-refractivity contribution in [3.8, 4) is 0 Å². The molecule has 0 aliphatic heterocycles. The Morgan fingerprint density at radius 1 is 0.771 bits per heavy atom. The summed E-state index contributed by atoms with van der Waals surface area (Å²) in [5, 5.41) is 9.01. The highest BCUT2D eigenvalue weighted by Gasteiger charge is 2.14. The normalized spacial score (nSPS) is 11.4. The summed E-state index contributed by atoms with van der Waals surface area (Å²) < 4.78 is 26.8. The van der Waals surface area contributed by atoms with E-state index in [1.165, 1.54) is 23.9 Å². The largest absolute Gasteiger partial charge is 0.382 e. The van der Waals surface area contributed by atoms with Gasteiger partial charge in [0.25, 0.3) is 5.56 Å². The van der Waals surface area contributed by atoms with Gasteiger partial charge in [-0.2, -0.15) is 4.98 Å². The highest BCUT2D eigenvalue weighted by atomic mass is 32.2. The van der Waals surface area contributed by atoms with Crippen LogP contribution in [-0.2, 0) is 27.2 Å². The van der Waals surface area contributed by atoms with Crippen molar-refractivity contribution in [2.24, 2.45) is 0 Å². The van der Waals surface area contributed by atoms with Crippen LogP contribution in [-0.4, -0.2) is 65.7 Å². The van der Waals surface area contributed by atoms with Gasteiger partial charge in [0.1, 0.15) is 18.2 Å². The second kappa shape index (κ2) is 16.3. The topological polar surface area (TPSA) is 107 Å². The first kappa shape index (κ1) is 33.1. The van der Waals surface area contributed by atoms with Crippen molar-refractivity contribution < 1.29 is 18.7 Å². The average molecular weight is 666 g/mol. The molecule has 0 bridgehead atoms. The van der Waals surface area contributed by atoms with Crippen LogP contribution >= 0.6 is 11.8 Å². The van der Waals surface area contributed by atoms with E-state index in [1.807, 2.05) is 54.6 Å². The third-order valence-corrected chi connectivity index (χ3v) is 8.73. The SMILES string of the molecule is O=C(Cn1c(CCSc2cccc(F)c2)nc(=O)c2ccccc21)NCCOCCOCCNc1c2ccccc2nc2ccccc12. The predicted molar refractivity (Wildman–Crippen MR) is 189 cm³/mol. The monoisotopic (exact) mass is 665 g/mol. The van der Waals surface area contributed by atoms with Gasteiger partial charge in [-0.05, 0) is 42.5 Å². The molecule has 0 atom stereocenters. The van der Waals surface area contributed by atoms with Crippen molar-refractivity contribution in [2.75, 3.05) is 50.6 Å². The molecule has 0 radical (unpaired) electrons. The zero-order valence-electron chi connectivity index (χ0n) is 26.4. The van der Waals surface area contributed by atoms with Gasteiger partial charge in [-0.3, -0.25) is 9.59 Å². The molecule has 1 amide bonds. The highest BCUT2D eigenvalue weighted by molar-refractivity contribution is 7.99. The second-order valence-electron chi connectivity index (χ2n) is 11.0. The number of fused-ring (bicyclic) bond motifs is 3. The van der Waals surface area contributed by atoms with Crippen LogP contribution in [0.25, 0.3) is 32.7 Å². The molecule has 11 heteroatoms. The molecule has 2 aromatic heterocycles. The summed E-state index contributed by atoms with van der Waals surface area (Å²) in [4.78, 5) is 35.5. The maximum absolute atomic E-state index is 13.6. The van der Waals surface area contributed by atoms with Crippen LogP contribution in [0.4, 0.5) is 10.1 Å². The van der Waals surface area contributed by atoms with Gasteiger partial charge in [-0.1, -0.05) is 54.6 Å². The fraction of sp³-hybridized carbons (Fsp3) is 0.243. The summed E-state index contributed by atoms with van der Waals surface area (Å²) >= 11 is 1.47. The lowest BCUT2D eigenvalue weighted by molar-refractivity contribution is -0.121. The van der Waals surface area contributed by atoms with Gasteiger partial charge < -0.3 is 24.7 Å². The van der Waals surface area contributed by atoms with Crippen LogP contribution in [0.2, 0.25) is 0 Å². The van der Waals surface area contributed by atoms with Crippen LogP contribution in [0, 0.1) is 5.82 Å². The number of halogens is 1. The number of amides is 1. The Balaban J connectivity index is 0.931. The molecule has 2 N–H and O–H groups in total. The number of aryl methyl sites for hydroxylation is 1. The fourth-order valence-electron chi connectivity index (χ4n) is 5.51. The smallest absolute Gasteiger partial charge is 0.280 e. The minimum absolute atomic E-state index is 0.00587. The van der Waals surface area contributed by atoms with Crippen LogP contribution < -0.4 is 16.2 Å². The van der Waals surface area contributed by atoms with E-state index in [9.17, 15) is 14.0 Å². The molecular formula is C37H36FN5O4S. The van der Waals surface area contributed by atoms with Crippen LogP contribution in [0.3, 0.4) is 0 Å². The molecule has 6 rings (SSSR count). The van der Waals surface area contributed by atoms with Gasteiger partial charge in [0.05, 0.1) is 54.1 Å². The summed E-state index contributed by atoms with van der Waals surface area (Å²) in [5.74, 6) is 0.558. The molecule has 48 heavy (non-hydrogen) atoms. The van der Waals surface area contributed by atoms with Crippen molar-refractivity contribution in [3.05, 3.63) is 119 Å². The Labute approximate surface area is 281 Å². The molecule has 0 aliphatic carbocycles. The van der Waals surface area contributed by atoms with Crippen LogP contribution in [0.5, 0.6) is 0 Å². The number of aromatic nitrogens is 3. The number of hydrogen-bond acceptors (Lipinski definition) is 8. The summed E-state index contributed by atoms with van der Waals surface area (Å²) in [7, 11) is 0. The minimum atomic E-state index is -0.334. The Hall–Kier alpha value is -4.84. The summed E-state index contributed by atoms with van der Waals surface area (Å²) in [6, 6.07) is 29.7. The number of ether oxygens (including phenoxy) is 2. The molecule has 0 fully saturated rings. The minimum Gasteiger partial charge on any atom is -0.382 e. The lowest BCUT2D eigenvalue weighted by Crippen LogP contribution is -2.33. The van der Waals surface area contributed by atoms with E-state index < -0.39 is 0 Å². The number of anilines is 1. The number of carbonyl (C=O) groups is 1. The van der Waals surface area contributed by atoms with E-state index >= 15 is 0 Å². The number of pyridine rings is 1. The number of nitrogens with zero attached hydrogens (tertiary/aromatic N) is 3. The third kappa shape index (κ3) is 8.35. The third-order valence-electron chi connectivity index (χ3n) is 7.74. The molecule has 2 heterocycles. The number of hydrogen-bond donors (Lipinski definition) is 2. The average Bonchev–Trinajstić information content (AvgIpc) is 3.10. The number of carbonyl (C=O) groups excluding carboxylic acids is 1. The first-order chi connectivity index (χ1) is 23.6. The number of thioether (sulfide) groups is 1. The Morgan fingerprint density at radius 2 is 1.44 bits per heavy atom. The lowest BCUT2D eigenvalue weighted by Gasteiger charge is -2.16. The molecule has 6 aromatic rings. The van der Waals surface area contributed by atoms with E-state index in [2.05, 4.69) is 27.8 Å². The van der Waals surface area contributed by atoms with Gasteiger partial charge in [0.2, 0.25) is 5.91 Å². The van der Waals surface area contributed by atoms with Crippen LogP contribution in [0.1, 0.15) is 5.82 Å². The molecule has 246 valence electrons. The van der Waals surface area contributed by atoms with E-state index in [4.69, 9.17) is 14.5 Å². The molecule has 0 saturated carbocycles. The maximum atomic E-state index is 13.6. The molecule has 0 spiro atoms. The Bertz CT molecular complexity index is 2040. The van der Waals surface area contributed by atoms with Crippen molar-refractivity contribution in [3.63, 3.8) is 0 Å². The lowest BCUT2D eigenvalue weighted by atomic mass is 10.1. The van der Waals surface area contributed by atoms with Gasteiger partial charge in [-0.15, -0.1) is 11.8 Å². The van der Waals surface area contributed by atoms with Gasteiger partial charge in [0.15, 0.2) is 0 Å². The standard InChI is InChI=1S/C37H36FN5O4S/c38-26-8-7-9-27(24-26)48-23-16-34-42-37(45)30-12-3-6-15-33(30)43(34)25-35(44)39-17-19-46-21-22-47-20-18-40-36-28-10-1-4-13-31(28)41-32-14-5-2-11-29(32)36/h1-15,24H,16-23,25H2,(H,39,44)(H,40,41). The molecule has 0 aliphatic rings. The number of para-hydroxylation sites is 3. The van der Waals surface area contributed by atoms with E-state index in [0.29, 0.717) is 68.4 Å². The predicted octanol–water partition coefficient (Wildman–Crippen LogP) is 5.83.